The fourth-order valence-electron chi connectivity index (χ4n) is 1.14. The van der Waals surface area contributed by atoms with Crippen LogP contribution in [0.1, 0.15) is 20.3 Å². The number of primary amides is 1. The highest BCUT2D eigenvalue weighted by atomic mass is 16.5. The molecule has 0 aromatic rings. The van der Waals surface area contributed by atoms with Crippen LogP contribution < -0.4 is 11.1 Å². The molecule has 0 aliphatic rings. The van der Waals surface area contributed by atoms with Crippen molar-refractivity contribution in [3.05, 3.63) is 0 Å². The van der Waals surface area contributed by atoms with Crippen molar-refractivity contribution in [2.24, 2.45) is 11.7 Å². The molecule has 0 spiro atoms. The predicted molar refractivity (Wildman–Crippen MR) is 57.2 cm³/mol. The van der Waals surface area contributed by atoms with Crippen LogP contribution in [0.2, 0.25) is 0 Å². The summed E-state index contributed by atoms with van der Waals surface area (Å²) in [6.45, 7) is 2.31. The molecule has 0 aromatic heterocycles. The second-order valence-electron chi connectivity index (χ2n) is 3.57. The molecule has 0 bridgehead atoms. The molecule has 3 N–H and O–H groups in total. The number of amides is 2. The Hall–Kier alpha value is -2.10. The van der Waals surface area contributed by atoms with Crippen LogP contribution in [0.4, 0.5) is 0 Å². The molecule has 0 aliphatic carbocycles. The Labute approximate surface area is 98.9 Å². The minimum Gasteiger partial charge on any atom is -0.456 e. The molecule has 0 fully saturated rings. The molecule has 2 atom stereocenters. The summed E-state index contributed by atoms with van der Waals surface area (Å²) in [5.74, 6) is -2.36. The van der Waals surface area contributed by atoms with Crippen molar-refractivity contribution in [3.8, 4) is 6.07 Å². The van der Waals surface area contributed by atoms with E-state index in [2.05, 4.69) is 10.1 Å². The van der Waals surface area contributed by atoms with Crippen LogP contribution in [0.5, 0.6) is 0 Å². The molecule has 2 amide bonds. The van der Waals surface area contributed by atoms with Gasteiger partial charge < -0.3 is 15.8 Å². The molecule has 17 heavy (non-hydrogen) atoms. The van der Waals surface area contributed by atoms with E-state index in [4.69, 9.17) is 11.0 Å². The Morgan fingerprint density at radius 2 is 2.06 bits per heavy atom. The number of nitrogens with zero attached hydrogens (tertiary/aromatic N) is 1. The molecule has 0 aromatic carbocycles. The van der Waals surface area contributed by atoms with Gasteiger partial charge in [-0.15, -0.1) is 0 Å². The van der Waals surface area contributed by atoms with Gasteiger partial charge in [-0.05, 0) is 5.92 Å². The van der Waals surface area contributed by atoms with Gasteiger partial charge in [-0.3, -0.25) is 14.4 Å². The van der Waals surface area contributed by atoms with Gasteiger partial charge in [-0.1, -0.05) is 6.92 Å². The zero-order chi connectivity index (χ0) is 13.4. The number of rotatable bonds is 6. The van der Waals surface area contributed by atoms with E-state index in [9.17, 15) is 14.4 Å². The van der Waals surface area contributed by atoms with Crippen molar-refractivity contribution >= 4 is 17.8 Å². The van der Waals surface area contributed by atoms with E-state index in [1.54, 1.807) is 6.92 Å². The summed E-state index contributed by atoms with van der Waals surface area (Å²) >= 11 is 0. The van der Waals surface area contributed by atoms with Crippen LogP contribution in [0.15, 0.2) is 0 Å². The highest BCUT2D eigenvalue weighted by Gasteiger charge is 2.24. The lowest BCUT2D eigenvalue weighted by Crippen LogP contribution is -2.49. The molecule has 0 aliphatic heterocycles. The van der Waals surface area contributed by atoms with Crippen LogP contribution in [-0.2, 0) is 19.1 Å². The summed E-state index contributed by atoms with van der Waals surface area (Å²) < 4.78 is 4.46. The SMILES string of the molecule is CC(=O)OCC(=O)N[C@@H](C(N)=O)[C@@H](C)CC#N. The Morgan fingerprint density at radius 3 is 2.47 bits per heavy atom. The Morgan fingerprint density at radius 1 is 1.47 bits per heavy atom. The minimum absolute atomic E-state index is 0.0848. The molecule has 0 saturated heterocycles. The number of carbonyl (C=O) groups is 3. The lowest BCUT2D eigenvalue weighted by Gasteiger charge is -2.20. The molecule has 7 nitrogen and oxygen atoms in total. The average molecular weight is 241 g/mol. The summed E-state index contributed by atoms with van der Waals surface area (Å²) in [6.07, 6.45) is 0.0848. The monoisotopic (exact) mass is 241 g/mol. The number of nitriles is 1. The number of carbonyl (C=O) groups excluding carboxylic acids is 3. The number of hydrogen-bond acceptors (Lipinski definition) is 5. The largest absolute Gasteiger partial charge is 0.456 e. The maximum Gasteiger partial charge on any atom is 0.303 e. The van der Waals surface area contributed by atoms with Crippen molar-refractivity contribution in [3.63, 3.8) is 0 Å². The third-order valence-corrected chi connectivity index (χ3v) is 2.01. The molecule has 0 unspecified atom stereocenters. The van der Waals surface area contributed by atoms with Gasteiger partial charge in [0.25, 0.3) is 5.91 Å². The van der Waals surface area contributed by atoms with Gasteiger partial charge in [-0.2, -0.15) is 5.26 Å². The van der Waals surface area contributed by atoms with Gasteiger partial charge in [0.2, 0.25) is 5.91 Å². The van der Waals surface area contributed by atoms with Gasteiger partial charge in [0.05, 0.1) is 6.07 Å². The summed E-state index contributed by atoms with van der Waals surface area (Å²) in [4.78, 5) is 32.8. The van der Waals surface area contributed by atoms with E-state index >= 15 is 0 Å². The number of hydrogen-bond donors (Lipinski definition) is 2. The molecule has 0 heterocycles. The third kappa shape index (κ3) is 6.14. The first-order valence-corrected chi connectivity index (χ1v) is 4.97. The summed E-state index contributed by atoms with van der Waals surface area (Å²) in [7, 11) is 0. The van der Waals surface area contributed by atoms with Gasteiger partial charge in [0, 0.05) is 13.3 Å². The first-order chi connectivity index (χ1) is 7.88. The second-order valence-corrected chi connectivity index (χ2v) is 3.57. The molecule has 94 valence electrons. The van der Waals surface area contributed by atoms with Gasteiger partial charge >= 0.3 is 5.97 Å². The predicted octanol–water partition coefficient (Wildman–Crippen LogP) is -0.931. The first kappa shape index (κ1) is 14.9. The van der Waals surface area contributed by atoms with Gasteiger partial charge in [0.15, 0.2) is 6.61 Å². The van der Waals surface area contributed by atoms with E-state index in [0.29, 0.717) is 0 Å². The fourth-order valence-corrected chi connectivity index (χ4v) is 1.14. The lowest BCUT2D eigenvalue weighted by atomic mass is 9.98. The van der Waals surface area contributed by atoms with E-state index < -0.39 is 36.4 Å². The van der Waals surface area contributed by atoms with E-state index in [-0.39, 0.29) is 6.42 Å². The molecule has 7 heteroatoms. The van der Waals surface area contributed by atoms with Crippen LogP contribution in [0.25, 0.3) is 0 Å². The number of esters is 1. The highest BCUT2D eigenvalue weighted by Crippen LogP contribution is 2.07. The maximum atomic E-state index is 11.3. The van der Waals surface area contributed by atoms with Crippen LogP contribution in [0, 0.1) is 17.2 Å². The Bertz CT molecular complexity index is 348. The van der Waals surface area contributed by atoms with Crippen molar-refractivity contribution in [1.82, 2.24) is 5.32 Å². The zero-order valence-electron chi connectivity index (χ0n) is 9.73. The smallest absolute Gasteiger partial charge is 0.303 e. The Kier molecular flexibility index (Phi) is 6.33. The highest BCUT2D eigenvalue weighted by molar-refractivity contribution is 5.88. The van der Waals surface area contributed by atoms with Crippen molar-refractivity contribution in [2.45, 2.75) is 26.3 Å². The van der Waals surface area contributed by atoms with E-state index in [1.807, 2.05) is 6.07 Å². The van der Waals surface area contributed by atoms with Crippen molar-refractivity contribution in [2.75, 3.05) is 6.61 Å². The summed E-state index contributed by atoms with van der Waals surface area (Å²) in [6, 6.07) is 0.935. The topological polar surface area (TPSA) is 122 Å². The number of nitrogens with two attached hydrogens (primary N) is 1. The van der Waals surface area contributed by atoms with E-state index in [1.165, 1.54) is 0 Å². The summed E-state index contributed by atoms with van der Waals surface area (Å²) in [5, 5.41) is 10.8. The molecule has 0 radical (unpaired) electrons. The average Bonchev–Trinajstić information content (AvgIpc) is 2.22. The standard InChI is InChI=1S/C10H15N3O4/c1-6(3-4-11)9(10(12)16)13-8(15)5-17-7(2)14/h6,9H,3,5H2,1-2H3,(H2,12,16)(H,13,15)/t6-,9+/m0/s1. The molecule has 0 saturated carbocycles. The number of nitrogens with one attached hydrogen (secondary N) is 1. The van der Waals surface area contributed by atoms with Crippen molar-refractivity contribution < 1.29 is 19.1 Å². The summed E-state index contributed by atoms with van der Waals surface area (Å²) in [5.41, 5.74) is 5.10. The van der Waals surface area contributed by atoms with Gasteiger partial charge in [0.1, 0.15) is 6.04 Å². The Balaban J connectivity index is 4.35. The number of ether oxygens (including phenoxy) is 1. The van der Waals surface area contributed by atoms with Crippen molar-refractivity contribution in [1.29, 1.82) is 5.26 Å². The maximum absolute atomic E-state index is 11.3. The lowest BCUT2D eigenvalue weighted by molar-refractivity contribution is -0.146. The van der Waals surface area contributed by atoms with Crippen LogP contribution >= 0.6 is 0 Å². The molecular formula is C10H15N3O4. The van der Waals surface area contributed by atoms with Gasteiger partial charge in [-0.25, -0.2) is 0 Å². The van der Waals surface area contributed by atoms with Crippen LogP contribution in [0.3, 0.4) is 0 Å². The van der Waals surface area contributed by atoms with E-state index in [0.717, 1.165) is 6.92 Å². The molecule has 0 rings (SSSR count). The first-order valence-electron chi connectivity index (χ1n) is 4.97. The fraction of sp³-hybridized carbons (Fsp3) is 0.600. The quantitative estimate of drug-likeness (QED) is 0.581. The second kappa shape index (κ2) is 7.22. The third-order valence-electron chi connectivity index (χ3n) is 2.01. The zero-order valence-corrected chi connectivity index (χ0v) is 9.73. The van der Waals surface area contributed by atoms with Crippen LogP contribution in [-0.4, -0.2) is 30.4 Å². The minimum atomic E-state index is -0.947. The molecular weight excluding hydrogens is 226 g/mol. The normalized spacial score (nSPS) is 13.0.